The third kappa shape index (κ3) is 7.11. The Kier molecular flexibility index (Phi) is 8.38. The highest BCUT2D eigenvalue weighted by atomic mass is 79.9. The molecule has 6 nitrogen and oxygen atoms in total. The number of aryl methyl sites for hydroxylation is 2. The first-order chi connectivity index (χ1) is 11.8. The molecule has 0 saturated carbocycles. The lowest BCUT2D eigenvalue weighted by molar-refractivity contribution is 0.0600. The summed E-state index contributed by atoms with van der Waals surface area (Å²) in [5, 5.41) is 8.34. The molecule has 2 aromatic heterocycles. The zero-order valence-electron chi connectivity index (χ0n) is 13.8. The van der Waals surface area contributed by atoms with E-state index in [9.17, 15) is 9.59 Å². The Labute approximate surface area is 162 Å². The molecular weight excluding hydrogens is 454 g/mol. The molecule has 2 heterocycles. The highest BCUT2D eigenvalue weighted by Gasteiger charge is 2.07. The molecule has 0 aliphatic rings. The molecule has 0 saturated heterocycles. The van der Waals surface area contributed by atoms with Crippen LogP contribution in [-0.4, -0.2) is 28.8 Å². The molecular formula is C17H15Br2N3O3. The number of halogens is 2. The van der Waals surface area contributed by atoms with Crippen LogP contribution in [0.4, 0.5) is 0 Å². The topological polar surface area (TPSA) is 92.9 Å². The Morgan fingerprint density at radius 1 is 1.04 bits per heavy atom. The van der Waals surface area contributed by atoms with E-state index < -0.39 is 0 Å². The highest BCUT2D eigenvalue weighted by Crippen LogP contribution is 2.13. The van der Waals surface area contributed by atoms with Gasteiger partial charge in [-0.05, 0) is 70.0 Å². The molecule has 0 radical (unpaired) electrons. The van der Waals surface area contributed by atoms with Crippen molar-refractivity contribution in [3.05, 3.63) is 56.0 Å². The van der Waals surface area contributed by atoms with Gasteiger partial charge in [-0.2, -0.15) is 5.26 Å². The minimum Gasteiger partial charge on any atom is -0.465 e. The Balaban J connectivity index is 0.000000251. The van der Waals surface area contributed by atoms with Crippen molar-refractivity contribution in [1.82, 2.24) is 9.97 Å². The first-order valence-electron chi connectivity index (χ1n) is 7.03. The molecule has 0 amide bonds. The zero-order valence-corrected chi connectivity index (χ0v) is 17.0. The van der Waals surface area contributed by atoms with Gasteiger partial charge < -0.3 is 4.74 Å². The smallest absolute Gasteiger partial charge is 0.338 e. The summed E-state index contributed by atoms with van der Waals surface area (Å²) in [6.45, 7) is 3.62. The van der Waals surface area contributed by atoms with Gasteiger partial charge in [0.15, 0.2) is 5.78 Å². The fourth-order valence-corrected chi connectivity index (χ4v) is 2.88. The van der Waals surface area contributed by atoms with Crippen LogP contribution >= 0.6 is 31.9 Å². The number of methoxy groups -OCH3 is 1. The van der Waals surface area contributed by atoms with E-state index in [-0.39, 0.29) is 18.2 Å². The molecule has 0 fully saturated rings. The quantitative estimate of drug-likeness (QED) is 0.381. The van der Waals surface area contributed by atoms with Gasteiger partial charge in [0.1, 0.15) is 9.21 Å². The van der Waals surface area contributed by atoms with Crippen LogP contribution in [0.25, 0.3) is 0 Å². The van der Waals surface area contributed by atoms with Crippen molar-refractivity contribution >= 4 is 43.6 Å². The molecule has 2 aromatic rings. The van der Waals surface area contributed by atoms with E-state index in [4.69, 9.17) is 5.26 Å². The second-order valence-electron chi connectivity index (χ2n) is 4.89. The summed E-state index contributed by atoms with van der Waals surface area (Å²) in [4.78, 5) is 30.4. The van der Waals surface area contributed by atoms with Gasteiger partial charge in [0, 0.05) is 17.0 Å². The average Bonchev–Trinajstić information content (AvgIpc) is 2.53. The van der Waals surface area contributed by atoms with Crippen LogP contribution in [0, 0.1) is 25.2 Å². The first kappa shape index (κ1) is 20.9. The second-order valence-corrected chi connectivity index (χ2v) is 6.51. The van der Waals surface area contributed by atoms with Crippen molar-refractivity contribution in [2.75, 3.05) is 7.11 Å². The lowest BCUT2D eigenvalue weighted by atomic mass is 10.1. The number of carbonyl (C=O) groups excluding carboxylic acids is 2. The van der Waals surface area contributed by atoms with Crippen molar-refractivity contribution in [2.24, 2.45) is 0 Å². The summed E-state index contributed by atoms with van der Waals surface area (Å²) in [7, 11) is 1.35. The number of ether oxygens (including phenoxy) is 1. The van der Waals surface area contributed by atoms with Crippen molar-refractivity contribution in [2.45, 2.75) is 20.3 Å². The number of rotatable bonds is 3. The van der Waals surface area contributed by atoms with Crippen LogP contribution < -0.4 is 0 Å². The third-order valence-corrected chi connectivity index (χ3v) is 3.64. The van der Waals surface area contributed by atoms with E-state index in [1.807, 2.05) is 13.0 Å². The number of nitriles is 1. The van der Waals surface area contributed by atoms with Crippen LogP contribution in [0.3, 0.4) is 0 Å². The van der Waals surface area contributed by atoms with Gasteiger partial charge in [-0.25, -0.2) is 14.8 Å². The summed E-state index contributed by atoms with van der Waals surface area (Å²) < 4.78 is 5.82. The van der Waals surface area contributed by atoms with E-state index in [1.165, 1.54) is 7.11 Å². The predicted octanol–water partition coefficient (Wildman–Crippen LogP) is 4.19. The van der Waals surface area contributed by atoms with Gasteiger partial charge in [-0.1, -0.05) is 0 Å². The number of Topliss-reactive ketones (excluding diaryl/α,β-unsaturated/α-hetero) is 1. The molecule has 0 unspecified atom stereocenters. The first-order valence-corrected chi connectivity index (χ1v) is 8.62. The van der Waals surface area contributed by atoms with Crippen LogP contribution in [0.2, 0.25) is 0 Å². The average molecular weight is 469 g/mol. The maximum atomic E-state index is 11.3. The van der Waals surface area contributed by atoms with Gasteiger partial charge in [-0.3, -0.25) is 4.79 Å². The molecule has 0 N–H and O–H groups in total. The summed E-state index contributed by atoms with van der Waals surface area (Å²) >= 11 is 6.38. The molecule has 0 aromatic carbocycles. The molecule has 0 aliphatic heterocycles. The maximum Gasteiger partial charge on any atom is 0.338 e. The SMILES string of the molecule is COC(=O)c1cc(C)nc(Br)c1.Cc1cc(C(=O)CC#N)cc(Br)n1. The minimum absolute atomic E-state index is 0.0874. The molecule has 0 spiro atoms. The predicted molar refractivity (Wildman–Crippen MR) is 99.2 cm³/mol. The van der Waals surface area contributed by atoms with Gasteiger partial charge >= 0.3 is 5.97 Å². The number of ketones is 1. The normalized spacial score (nSPS) is 9.44. The molecule has 25 heavy (non-hydrogen) atoms. The van der Waals surface area contributed by atoms with E-state index in [2.05, 4.69) is 46.6 Å². The fraction of sp³-hybridized carbons (Fsp3) is 0.235. The monoisotopic (exact) mass is 467 g/mol. The summed E-state index contributed by atoms with van der Waals surface area (Å²) in [6.07, 6.45) is -0.0874. The van der Waals surface area contributed by atoms with Crippen molar-refractivity contribution in [3.8, 4) is 6.07 Å². The highest BCUT2D eigenvalue weighted by molar-refractivity contribution is 9.10. The lowest BCUT2D eigenvalue weighted by Crippen LogP contribution is -2.02. The van der Waals surface area contributed by atoms with Gasteiger partial charge in [-0.15, -0.1) is 0 Å². The maximum absolute atomic E-state index is 11.3. The van der Waals surface area contributed by atoms with Crippen LogP contribution in [0.1, 0.15) is 38.5 Å². The summed E-state index contributed by atoms with van der Waals surface area (Å²) in [5.41, 5.74) is 2.58. The number of hydrogen-bond donors (Lipinski definition) is 0. The van der Waals surface area contributed by atoms with E-state index in [0.29, 0.717) is 20.3 Å². The number of nitrogens with zero attached hydrogens (tertiary/aromatic N) is 3. The number of hydrogen-bond acceptors (Lipinski definition) is 6. The molecule has 0 aliphatic carbocycles. The fourth-order valence-electron chi connectivity index (χ4n) is 1.83. The number of esters is 1. The largest absolute Gasteiger partial charge is 0.465 e. The molecule has 0 atom stereocenters. The molecule has 0 bridgehead atoms. The van der Waals surface area contributed by atoms with Crippen LogP contribution in [-0.2, 0) is 4.74 Å². The Morgan fingerprint density at radius 2 is 1.52 bits per heavy atom. The van der Waals surface area contributed by atoms with Crippen molar-refractivity contribution in [3.63, 3.8) is 0 Å². The number of aromatic nitrogens is 2. The third-order valence-electron chi connectivity index (χ3n) is 2.83. The minimum atomic E-state index is -0.346. The second kappa shape index (κ2) is 10.0. The summed E-state index contributed by atoms with van der Waals surface area (Å²) in [5.74, 6) is -0.519. The van der Waals surface area contributed by atoms with Gasteiger partial charge in [0.25, 0.3) is 0 Å². The van der Waals surface area contributed by atoms with E-state index in [0.717, 1.165) is 11.4 Å². The van der Waals surface area contributed by atoms with E-state index in [1.54, 1.807) is 31.2 Å². The number of carbonyl (C=O) groups is 2. The van der Waals surface area contributed by atoms with Crippen LogP contribution in [0.5, 0.6) is 0 Å². The Bertz CT molecular complexity index is 792. The van der Waals surface area contributed by atoms with Gasteiger partial charge in [0.2, 0.25) is 0 Å². The van der Waals surface area contributed by atoms with Crippen LogP contribution in [0.15, 0.2) is 33.5 Å². The standard InChI is InChI=1S/C9H7BrN2O.C8H8BrNO2/c1-6-4-7(5-9(10)12-6)8(13)2-3-11;1-5-3-6(8(11)12-2)4-7(9)10-5/h4-5H,2H2,1H3;3-4H,1-2H3. The lowest BCUT2D eigenvalue weighted by Gasteiger charge is -2.00. The van der Waals surface area contributed by atoms with E-state index >= 15 is 0 Å². The van der Waals surface area contributed by atoms with Crippen molar-refractivity contribution < 1.29 is 14.3 Å². The molecule has 8 heteroatoms. The molecule has 130 valence electrons. The van der Waals surface area contributed by atoms with Gasteiger partial charge in [0.05, 0.1) is 25.2 Å². The number of pyridine rings is 2. The molecule has 2 rings (SSSR count). The zero-order chi connectivity index (χ0) is 19.0. The summed E-state index contributed by atoms with van der Waals surface area (Å²) in [6, 6.07) is 8.41. The Morgan fingerprint density at radius 3 is 1.96 bits per heavy atom. The van der Waals surface area contributed by atoms with Crippen molar-refractivity contribution in [1.29, 1.82) is 5.26 Å². The Hall–Kier alpha value is -2.11.